The predicted molar refractivity (Wildman–Crippen MR) is 524 cm³/mol. The molecule has 0 aromatic heterocycles. The molecule has 8 rings (SSSR count). The summed E-state index contributed by atoms with van der Waals surface area (Å²) in [4.78, 5) is 31.1. The molecule has 0 bridgehead atoms. The summed E-state index contributed by atoms with van der Waals surface area (Å²) in [5.41, 5.74) is 5.80. The number of amides is 2. The molecule has 0 saturated carbocycles. The molecule has 0 spiro atoms. The van der Waals surface area contributed by atoms with Gasteiger partial charge in [0.1, 0.15) is 48.8 Å². The van der Waals surface area contributed by atoms with Crippen LogP contribution in [0.1, 0.15) is 395 Å². The molecule has 6 aromatic carbocycles. The van der Waals surface area contributed by atoms with Crippen molar-refractivity contribution in [3.05, 3.63) is 215 Å². The molecule has 2 saturated heterocycles. The van der Waals surface area contributed by atoms with Gasteiger partial charge in [-0.2, -0.15) is 0 Å². The van der Waals surface area contributed by atoms with Crippen LogP contribution in [0.25, 0.3) is 0 Å². The Morgan fingerprint density at radius 1 is 0.236 bits per heavy atom. The quantitative estimate of drug-likeness (QED) is 0.0353. The van der Waals surface area contributed by atoms with Crippen LogP contribution in [-0.4, -0.2) is 86.3 Å². The Kier molecular flexibility index (Phi) is 59.1. The van der Waals surface area contributed by atoms with Crippen molar-refractivity contribution in [1.82, 2.24) is 10.6 Å². The predicted octanol–water partition coefficient (Wildman–Crippen LogP) is 29.8. The molecule has 127 heavy (non-hydrogen) atoms. The molecule has 13 heteroatoms. The van der Waals surface area contributed by atoms with Crippen molar-refractivity contribution in [2.24, 2.45) is 11.8 Å². The Balaban J connectivity index is 1.14. The Bertz CT molecular complexity index is 3240. The average Bonchev–Trinajstić information content (AvgIpc) is 0.771. The first-order chi connectivity index (χ1) is 62.8. The summed E-state index contributed by atoms with van der Waals surface area (Å²) in [5.74, 6) is -0.258. The van der Waals surface area contributed by atoms with E-state index in [1.54, 1.807) is 0 Å². The smallest absolute Gasteiger partial charge is 0.223 e. The molecule has 2 aliphatic heterocycles. The number of hydrogen-bond donors (Lipinski definition) is 2. The minimum atomic E-state index is -1.24. The maximum Gasteiger partial charge on any atom is 0.223 e. The maximum atomic E-state index is 15.6. The van der Waals surface area contributed by atoms with Gasteiger partial charge in [-0.05, 0) is 59.1 Å². The second-order valence-corrected chi connectivity index (χ2v) is 37.4. The third-order valence-electron chi connectivity index (χ3n) is 26.5. The lowest BCUT2D eigenvalue weighted by molar-refractivity contribution is -0.390. The van der Waals surface area contributed by atoms with Crippen molar-refractivity contribution in [1.29, 1.82) is 0 Å². The lowest BCUT2D eigenvalue weighted by Crippen LogP contribution is -2.67. The molecule has 10 atom stereocenters. The van der Waals surface area contributed by atoms with Gasteiger partial charge < -0.3 is 53.3 Å². The molecule has 2 N–H and O–H groups in total. The van der Waals surface area contributed by atoms with Gasteiger partial charge in [-0.3, -0.25) is 9.59 Å². The van der Waals surface area contributed by atoms with Gasteiger partial charge in [-0.15, -0.1) is 0 Å². The monoisotopic (exact) mass is 1750 g/mol. The first kappa shape index (κ1) is 106. The molecule has 13 nitrogen and oxygen atoms in total. The van der Waals surface area contributed by atoms with Crippen molar-refractivity contribution in [2.75, 3.05) is 13.1 Å². The fourth-order valence-corrected chi connectivity index (χ4v) is 18.6. The van der Waals surface area contributed by atoms with Crippen molar-refractivity contribution >= 4 is 11.8 Å². The molecule has 708 valence electrons. The third kappa shape index (κ3) is 46.2. The van der Waals surface area contributed by atoms with Crippen LogP contribution in [0.15, 0.2) is 182 Å². The number of nitrogens with one attached hydrogen (secondary N) is 2. The number of ether oxygens (including phenoxy) is 9. The summed E-state index contributed by atoms with van der Waals surface area (Å²) < 4.78 is 67.5. The van der Waals surface area contributed by atoms with Gasteiger partial charge in [0.2, 0.25) is 11.8 Å². The fourth-order valence-electron chi connectivity index (χ4n) is 18.6. The first-order valence-electron chi connectivity index (χ1n) is 52.3. The molecule has 4 unspecified atom stereocenters. The van der Waals surface area contributed by atoms with Crippen LogP contribution in [0.4, 0.5) is 0 Å². The highest BCUT2D eigenvalue weighted by atomic mass is 16.8. The van der Waals surface area contributed by atoms with E-state index >= 15 is 9.59 Å². The zero-order chi connectivity index (χ0) is 89.0. The second kappa shape index (κ2) is 70.6. The lowest BCUT2D eigenvalue weighted by atomic mass is 9.92. The molecular formula is C114H176N2O11. The van der Waals surface area contributed by atoms with Crippen molar-refractivity contribution in [2.45, 2.75) is 463 Å². The van der Waals surface area contributed by atoms with E-state index in [9.17, 15) is 0 Å². The summed E-state index contributed by atoms with van der Waals surface area (Å²) in [6, 6.07) is 61.4. The summed E-state index contributed by atoms with van der Waals surface area (Å²) in [6.45, 7) is 10.6. The van der Waals surface area contributed by atoms with Crippen LogP contribution in [0.5, 0.6) is 0 Å². The van der Waals surface area contributed by atoms with Gasteiger partial charge in [0.15, 0.2) is 12.6 Å². The van der Waals surface area contributed by atoms with Crippen molar-refractivity contribution < 1.29 is 52.2 Å². The highest BCUT2D eigenvalue weighted by Gasteiger charge is 2.55. The first-order valence-corrected chi connectivity index (χ1v) is 52.3. The van der Waals surface area contributed by atoms with Crippen molar-refractivity contribution in [3.63, 3.8) is 0 Å². The molecule has 6 aromatic rings. The maximum absolute atomic E-state index is 15.6. The molecule has 2 heterocycles. The summed E-state index contributed by atoms with van der Waals surface area (Å²) in [6.07, 6.45) is 54.6. The fraction of sp³-hybridized carbons (Fsp3) is 0.667. The zero-order valence-corrected chi connectivity index (χ0v) is 80.2. The van der Waals surface area contributed by atoms with Crippen LogP contribution in [0, 0.1) is 11.8 Å². The van der Waals surface area contributed by atoms with Crippen LogP contribution in [-0.2, 0) is 91.9 Å². The topological polar surface area (TPSA) is 141 Å². The van der Waals surface area contributed by atoms with E-state index < -0.39 is 61.4 Å². The summed E-state index contributed by atoms with van der Waals surface area (Å²) in [7, 11) is 0. The highest BCUT2D eigenvalue weighted by molar-refractivity contribution is 5.79. The number of benzene rings is 6. The summed E-state index contributed by atoms with van der Waals surface area (Å²) in [5, 5.41) is 7.12. The standard InChI is InChI=1S/C114H176N2O11/c1-5-9-13-17-21-25-29-33-37-41-45-67-83-101(84-68-46-42-38-34-30-26-22-18-14-10-6-2)111(117)115-87-103-105(119-89-95-71-55-49-56-72-95)107(121-91-97-75-59-51-60-76-97)109(123-93-99-79-63-53-64-80-99)113(125-103)127-114-110(124-94-100-81-65-54-66-82-100)108(122-92-98-77-61-52-62-78-98)106(120-90-96-73-57-50-58-74-96)104(126-114)88-116-112(118)102(85-69-47-43-39-35-31-27-23-19-15-11-7-3)86-70-48-44-40-36-32-28-24-20-16-12-8-4/h49-66,71-82,101-110,113-114H,5-48,67-70,83-94H2,1-4H3,(H,115,117)(H,116,118)/t103?,104?,105-,106-,107-,108+,109?,110?,113-,114-/m1/s1. The van der Waals surface area contributed by atoms with Gasteiger partial charge in [-0.1, -0.05) is 518 Å². The molecule has 2 aliphatic rings. The Morgan fingerprint density at radius 3 is 0.606 bits per heavy atom. The van der Waals surface area contributed by atoms with Gasteiger partial charge in [0.05, 0.1) is 39.6 Å². The number of hydrogen-bond acceptors (Lipinski definition) is 11. The number of carbonyl (C=O) groups is 2. The average molecular weight is 1750 g/mol. The molecule has 2 fully saturated rings. The number of unbranched alkanes of at least 4 members (excludes halogenated alkanes) is 44. The largest absolute Gasteiger partial charge is 0.368 e. The SMILES string of the molecule is CCCCCCCCCCCCCCC(CCCCCCCCCCCCCC)C(=O)NCC1O[C@H](O[C@H]2OC(CNC(=O)C(CCCCCCCCCCCCCC)CCCCCCCCCCCCCC)[C@@H](OCc3ccccc3)[C@@H](OCc3ccccc3)C2OCc2ccccc2)C(OCc2ccccc2)[C@@H](OCc2ccccc2)[C@@H]1OCc1ccccc1. The van der Waals surface area contributed by atoms with Gasteiger partial charge in [0, 0.05) is 24.9 Å². The normalized spacial score (nSPS) is 18.9. The van der Waals surface area contributed by atoms with E-state index in [1.165, 1.54) is 257 Å². The van der Waals surface area contributed by atoms with Crippen LogP contribution in [0.3, 0.4) is 0 Å². The van der Waals surface area contributed by atoms with E-state index in [4.69, 9.17) is 42.6 Å². The van der Waals surface area contributed by atoms with E-state index in [-0.39, 0.29) is 76.4 Å². The van der Waals surface area contributed by atoms with E-state index in [1.807, 2.05) is 109 Å². The molecule has 0 aliphatic carbocycles. The molecule has 2 amide bonds. The molecular weight excluding hydrogens is 1570 g/mol. The van der Waals surface area contributed by atoms with E-state index in [2.05, 4.69) is 111 Å². The lowest BCUT2D eigenvalue weighted by Gasteiger charge is -2.50. The second-order valence-electron chi connectivity index (χ2n) is 37.4. The number of carbonyl (C=O) groups excluding carboxylic acids is 2. The minimum absolute atomic E-state index is 0.0402. The van der Waals surface area contributed by atoms with Crippen LogP contribution < -0.4 is 10.6 Å². The highest BCUT2D eigenvalue weighted by Crippen LogP contribution is 2.38. The summed E-state index contributed by atoms with van der Waals surface area (Å²) >= 11 is 0. The van der Waals surface area contributed by atoms with Gasteiger partial charge >= 0.3 is 0 Å². The van der Waals surface area contributed by atoms with E-state index in [0.717, 1.165) is 110 Å². The molecule has 0 radical (unpaired) electrons. The third-order valence-corrected chi connectivity index (χ3v) is 26.5. The number of rotatable bonds is 78. The van der Waals surface area contributed by atoms with Gasteiger partial charge in [-0.25, -0.2) is 0 Å². The zero-order valence-electron chi connectivity index (χ0n) is 80.2. The van der Waals surface area contributed by atoms with E-state index in [0.29, 0.717) is 0 Å². The Labute approximate surface area is 773 Å². The van der Waals surface area contributed by atoms with Crippen molar-refractivity contribution in [3.8, 4) is 0 Å². The van der Waals surface area contributed by atoms with Gasteiger partial charge in [0.25, 0.3) is 0 Å². The van der Waals surface area contributed by atoms with Crippen LogP contribution >= 0.6 is 0 Å². The van der Waals surface area contributed by atoms with Crippen LogP contribution in [0.2, 0.25) is 0 Å². The Hall–Kier alpha value is -6.10. The minimum Gasteiger partial charge on any atom is -0.368 e. The Morgan fingerprint density at radius 2 is 0.409 bits per heavy atom.